The maximum Gasteiger partial charge on any atom is 0.126 e. The highest BCUT2D eigenvalue weighted by atomic mass is 15.0. The lowest BCUT2D eigenvalue weighted by molar-refractivity contribution is 0.391. The molecule has 0 bridgehead atoms. The molecule has 1 aliphatic rings. The van der Waals surface area contributed by atoms with Gasteiger partial charge < -0.3 is 5.32 Å². The van der Waals surface area contributed by atoms with Crippen molar-refractivity contribution in [1.82, 2.24) is 4.98 Å². The number of hydrogen-bond donors (Lipinski definition) is 1. The van der Waals surface area contributed by atoms with Gasteiger partial charge >= 0.3 is 0 Å². The highest BCUT2D eigenvalue weighted by molar-refractivity contribution is 5.36. The average molecular weight is 218 g/mol. The van der Waals surface area contributed by atoms with Crippen LogP contribution in [-0.4, -0.2) is 11.0 Å². The van der Waals surface area contributed by atoms with Crippen molar-refractivity contribution >= 4 is 5.82 Å². The monoisotopic (exact) mass is 218 g/mol. The van der Waals surface area contributed by atoms with Crippen LogP contribution in [0.5, 0.6) is 0 Å². The Morgan fingerprint density at radius 3 is 2.81 bits per heavy atom. The lowest BCUT2D eigenvalue weighted by Gasteiger charge is -2.21. The molecule has 16 heavy (non-hydrogen) atoms. The van der Waals surface area contributed by atoms with Crippen LogP contribution in [-0.2, 0) is 0 Å². The molecule has 0 amide bonds. The first kappa shape index (κ1) is 11.4. The van der Waals surface area contributed by atoms with Crippen molar-refractivity contribution in [3.63, 3.8) is 0 Å². The van der Waals surface area contributed by atoms with Gasteiger partial charge in [0.2, 0.25) is 0 Å². The molecule has 1 aliphatic carbocycles. The Kier molecular flexibility index (Phi) is 3.47. The molecule has 1 aromatic heterocycles. The summed E-state index contributed by atoms with van der Waals surface area (Å²) in [4.78, 5) is 4.51. The fraction of sp³-hybridized carbons (Fsp3) is 0.643. The van der Waals surface area contributed by atoms with E-state index in [1.807, 2.05) is 13.0 Å². The van der Waals surface area contributed by atoms with Gasteiger partial charge in [0.05, 0.1) is 0 Å². The number of rotatable bonds is 3. The van der Waals surface area contributed by atoms with Gasteiger partial charge in [-0.3, -0.25) is 0 Å². The molecule has 0 spiro atoms. The quantitative estimate of drug-likeness (QED) is 0.838. The standard InChI is InChI=1S/C14H22N2/c1-4-12-8-9-13(11(12)3)16-14-7-5-6-10(2)15-14/h5-7,11-13H,4,8-9H2,1-3H3,(H,15,16). The molecule has 1 fully saturated rings. The zero-order valence-corrected chi connectivity index (χ0v) is 10.5. The molecule has 0 radical (unpaired) electrons. The van der Waals surface area contributed by atoms with Gasteiger partial charge in [-0.25, -0.2) is 4.98 Å². The molecule has 2 nitrogen and oxygen atoms in total. The third-order valence-corrected chi connectivity index (χ3v) is 3.97. The molecule has 3 unspecified atom stereocenters. The summed E-state index contributed by atoms with van der Waals surface area (Å²) in [5.74, 6) is 2.70. The van der Waals surface area contributed by atoms with Crippen LogP contribution in [0.1, 0.15) is 38.8 Å². The van der Waals surface area contributed by atoms with Crippen LogP contribution in [0.15, 0.2) is 18.2 Å². The summed E-state index contributed by atoms with van der Waals surface area (Å²) in [6.07, 6.45) is 3.96. The summed E-state index contributed by atoms with van der Waals surface area (Å²) in [7, 11) is 0. The van der Waals surface area contributed by atoms with Gasteiger partial charge in [-0.05, 0) is 43.7 Å². The third-order valence-electron chi connectivity index (χ3n) is 3.97. The maximum atomic E-state index is 4.51. The first-order valence-electron chi connectivity index (χ1n) is 6.41. The highest BCUT2D eigenvalue weighted by Crippen LogP contribution is 2.35. The molecule has 3 atom stereocenters. The van der Waals surface area contributed by atoms with Crippen LogP contribution in [0.4, 0.5) is 5.82 Å². The van der Waals surface area contributed by atoms with Gasteiger partial charge in [-0.15, -0.1) is 0 Å². The van der Waals surface area contributed by atoms with E-state index in [2.05, 4.69) is 36.3 Å². The number of nitrogens with zero attached hydrogens (tertiary/aromatic N) is 1. The SMILES string of the molecule is CCC1CCC(Nc2cccc(C)n2)C1C. The smallest absolute Gasteiger partial charge is 0.126 e. The maximum absolute atomic E-state index is 4.51. The summed E-state index contributed by atoms with van der Waals surface area (Å²) in [6, 6.07) is 6.79. The molecule has 2 rings (SSSR count). The molecular formula is C14H22N2. The number of anilines is 1. The largest absolute Gasteiger partial charge is 0.367 e. The van der Waals surface area contributed by atoms with Gasteiger partial charge in [0, 0.05) is 11.7 Å². The summed E-state index contributed by atoms with van der Waals surface area (Å²) in [5, 5.41) is 3.58. The molecule has 2 heteroatoms. The lowest BCUT2D eigenvalue weighted by atomic mass is 9.93. The number of hydrogen-bond acceptors (Lipinski definition) is 2. The minimum Gasteiger partial charge on any atom is -0.367 e. The van der Waals surface area contributed by atoms with Gasteiger partial charge in [0.1, 0.15) is 5.82 Å². The highest BCUT2D eigenvalue weighted by Gasteiger charge is 2.31. The van der Waals surface area contributed by atoms with Gasteiger partial charge in [-0.1, -0.05) is 26.3 Å². The van der Waals surface area contributed by atoms with Crippen molar-refractivity contribution in [2.24, 2.45) is 11.8 Å². The first-order valence-corrected chi connectivity index (χ1v) is 6.41. The molecular weight excluding hydrogens is 196 g/mol. The Bertz CT molecular complexity index is 348. The zero-order chi connectivity index (χ0) is 11.5. The van der Waals surface area contributed by atoms with Crippen LogP contribution in [0, 0.1) is 18.8 Å². The number of pyridine rings is 1. The van der Waals surface area contributed by atoms with Crippen LogP contribution >= 0.6 is 0 Å². The Balaban J connectivity index is 2.00. The van der Waals surface area contributed by atoms with E-state index in [0.29, 0.717) is 6.04 Å². The molecule has 1 heterocycles. The third kappa shape index (κ3) is 2.37. The minimum atomic E-state index is 0.610. The van der Waals surface area contributed by atoms with Crippen molar-refractivity contribution in [2.45, 2.75) is 46.1 Å². The number of aromatic nitrogens is 1. The Morgan fingerprint density at radius 1 is 1.38 bits per heavy atom. The van der Waals surface area contributed by atoms with E-state index in [4.69, 9.17) is 0 Å². The fourth-order valence-electron chi connectivity index (χ4n) is 2.84. The van der Waals surface area contributed by atoms with E-state index in [1.54, 1.807) is 0 Å². The van der Waals surface area contributed by atoms with E-state index in [9.17, 15) is 0 Å². The van der Waals surface area contributed by atoms with Crippen LogP contribution in [0.2, 0.25) is 0 Å². The van der Waals surface area contributed by atoms with E-state index < -0.39 is 0 Å². The molecule has 0 aromatic carbocycles. The second-order valence-corrected chi connectivity index (χ2v) is 5.02. The van der Waals surface area contributed by atoms with Crippen molar-refractivity contribution in [3.8, 4) is 0 Å². The van der Waals surface area contributed by atoms with Crippen molar-refractivity contribution < 1.29 is 0 Å². The molecule has 1 saturated carbocycles. The summed E-state index contributed by atoms with van der Waals surface area (Å²) >= 11 is 0. The van der Waals surface area contributed by atoms with E-state index in [-0.39, 0.29) is 0 Å². The first-order chi connectivity index (χ1) is 7.70. The van der Waals surface area contributed by atoms with Crippen molar-refractivity contribution in [2.75, 3.05) is 5.32 Å². The van der Waals surface area contributed by atoms with Gasteiger partial charge in [-0.2, -0.15) is 0 Å². The minimum absolute atomic E-state index is 0.610. The van der Waals surface area contributed by atoms with E-state index in [1.165, 1.54) is 19.3 Å². The number of nitrogens with one attached hydrogen (secondary N) is 1. The topological polar surface area (TPSA) is 24.9 Å². The lowest BCUT2D eigenvalue weighted by Crippen LogP contribution is -2.25. The van der Waals surface area contributed by atoms with E-state index in [0.717, 1.165) is 23.3 Å². The molecule has 1 N–H and O–H groups in total. The van der Waals surface area contributed by atoms with Crippen LogP contribution < -0.4 is 5.32 Å². The number of aryl methyl sites for hydroxylation is 1. The van der Waals surface area contributed by atoms with Crippen molar-refractivity contribution in [3.05, 3.63) is 23.9 Å². The molecule has 0 saturated heterocycles. The second-order valence-electron chi connectivity index (χ2n) is 5.02. The summed E-state index contributed by atoms with van der Waals surface area (Å²) < 4.78 is 0. The fourth-order valence-corrected chi connectivity index (χ4v) is 2.84. The predicted octanol–water partition coefficient (Wildman–Crippen LogP) is 3.63. The molecule has 0 aliphatic heterocycles. The average Bonchev–Trinajstić information content (AvgIpc) is 2.60. The summed E-state index contributed by atoms with van der Waals surface area (Å²) in [5.41, 5.74) is 1.09. The van der Waals surface area contributed by atoms with Crippen molar-refractivity contribution in [1.29, 1.82) is 0 Å². The summed E-state index contributed by atoms with van der Waals surface area (Å²) in [6.45, 7) is 6.71. The second kappa shape index (κ2) is 4.86. The predicted molar refractivity (Wildman–Crippen MR) is 68.6 cm³/mol. The van der Waals surface area contributed by atoms with E-state index >= 15 is 0 Å². The Hall–Kier alpha value is -1.05. The normalized spacial score (nSPS) is 29.3. The van der Waals surface area contributed by atoms with Gasteiger partial charge in [0.15, 0.2) is 0 Å². The van der Waals surface area contributed by atoms with Gasteiger partial charge in [0.25, 0.3) is 0 Å². The molecule has 88 valence electrons. The Labute approximate surface area is 98.5 Å². The zero-order valence-electron chi connectivity index (χ0n) is 10.5. The molecule has 1 aromatic rings. The van der Waals surface area contributed by atoms with Crippen LogP contribution in [0.25, 0.3) is 0 Å². The Morgan fingerprint density at radius 2 is 2.19 bits per heavy atom. The van der Waals surface area contributed by atoms with Crippen LogP contribution in [0.3, 0.4) is 0 Å².